The molecule has 0 bridgehead atoms. The number of likely N-dealkylation sites (tertiary alicyclic amines) is 1. The molecule has 1 saturated heterocycles. The average Bonchev–Trinajstić information content (AvgIpc) is 2.62. The molecule has 2 aromatic rings. The number of urea groups is 1. The highest BCUT2D eigenvalue weighted by atomic mass is 19.1. The van der Waals surface area contributed by atoms with E-state index in [-0.39, 0.29) is 17.8 Å². The molecule has 1 fully saturated rings. The Bertz CT molecular complexity index is 726. The van der Waals surface area contributed by atoms with Crippen LogP contribution in [0.3, 0.4) is 0 Å². The molecule has 0 aliphatic carbocycles. The minimum atomic E-state index is -0.555. The average molecular weight is 343 g/mol. The maximum absolute atomic E-state index is 13.7. The Balaban J connectivity index is 1.82. The summed E-state index contributed by atoms with van der Waals surface area (Å²) < 4.78 is 13.7. The van der Waals surface area contributed by atoms with E-state index in [2.05, 4.69) is 10.3 Å². The van der Waals surface area contributed by atoms with Gasteiger partial charge in [0.1, 0.15) is 5.82 Å². The number of carbonyl (C=O) groups is 1. The summed E-state index contributed by atoms with van der Waals surface area (Å²) in [6.45, 7) is 2.86. The molecule has 0 radical (unpaired) electrons. The molecule has 6 heteroatoms. The zero-order valence-corrected chi connectivity index (χ0v) is 14.1. The summed E-state index contributed by atoms with van der Waals surface area (Å²) in [7, 11) is 0. The first-order valence-electron chi connectivity index (χ1n) is 8.44. The lowest BCUT2D eigenvalue weighted by Crippen LogP contribution is -2.50. The third-order valence-electron chi connectivity index (χ3n) is 4.64. The van der Waals surface area contributed by atoms with Gasteiger partial charge in [0.05, 0.1) is 17.8 Å². The second-order valence-corrected chi connectivity index (χ2v) is 6.47. The van der Waals surface area contributed by atoms with Gasteiger partial charge >= 0.3 is 6.03 Å². The first-order chi connectivity index (χ1) is 12.0. The van der Waals surface area contributed by atoms with Gasteiger partial charge in [-0.2, -0.15) is 0 Å². The number of nitrogens with zero attached hydrogens (tertiary/aromatic N) is 2. The first-order valence-corrected chi connectivity index (χ1v) is 8.44. The van der Waals surface area contributed by atoms with E-state index in [1.165, 1.54) is 12.1 Å². The highest BCUT2D eigenvalue weighted by Crippen LogP contribution is 2.23. The molecule has 0 saturated carbocycles. The fourth-order valence-corrected chi connectivity index (χ4v) is 3.01. The number of rotatable bonds is 3. The normalized spacial score (nSPS) is 21.6. The molecule has 0 spiro atoms. The van der Waals surface area contributed by atoms with E-state index in [0.29, 0.717) is 24.3 Å². The molecule has 1 aromatic carbocycles. The van der Waals surface area contributed by atoms with Crippen molar-refractivity contribution in [3.05, 3.63) is 65.7 Å². The number of halogens is 1. The van der Waals surface area contributed by atoms with Crippen molar-refractivity contribution >= 4 is 6.03 Å². The molecule has 25 heavy (non-hydrogen) atoms. The quantitative estimate of drug-likeness (QED) is 0.901. The zero-order valence-electron chi connectivity index (χ0n) is 14.1. The monoisotopic (exact) mass is 343 g/mol. The van der Waals surface area contributed by atoms with Gasteiger partial charge in [-0.1, -0.05) is 25.1 Å². The Morgan fingerprint density at radius 2 is 2.20 bits per heavy atom. The topological polar surface area (TPSA) is 65.5 Å². The van der Waals surface area contributed by atoms with Gasteiger partial charge in [0.2, 0.25) is 0 Å². The number of carbonyl (C=O) groups excluding carboxylic acids is 1. The van der Waals surface area contributed by atoms with Crippen molar-refractivity contribution in [1.82, 2.24) is 15.2 Å². The van der Waals surface area contributed by atoms with E-state index >= 15 is 0 Å². The van der Waals surface area contributed by atoms with Crippen LogP contribution in [0.4, 0.5) is 9.18 Å². The Labute approximate surface area is 146 Å². The minimum absolute atomic E-state index is 0.179. The van der Waals surface area contributed by atoms with Gasteiger partial charge in [-0.05, 0) is 42.2 Å². The third-order valence-corrected chi connectivity index (χ3v) is 4.64. The van der Waals surface area contributed by atoms with Crippen LogP contribution in [0.15, 0.2) is 48.7 Å². The molecule has 5 nitrogen and oxygen atoms in total. The molecule has 3 rings (SSSR count). The van der Waals surface area contributed by atoms with Gasteiger partial charge in [-0.25, -0.2) is 9.18 Å². The van der Waals surface area contributed by atoms with Crippen molar-refractivity contribution in [2.75, 3.05) is 13.1 Å². The Morgan fingerprint density at radius 1 is 1.36 bits per heavy atom. The lowest BCUT2D eigenvalue weighted by Gasteiger charge is -2.35. The summed E-state index contributed by atoms with van der Waals surface area (Å²) >= 11 is 0. The summed E-state index contributed by atoms with van der Waals surface area (Å²) in [4.78, 5) is 18.6. The number of aliphatic hydroxyl groups is 1. The molecule has 1 aliphatic heterocycles. The van der Waals surface area contributed by atoms with E-state index in [1.54, 1.807) is 35.4 Å². The third kappa shape index (κ3) is 4.14. The van der Waals surface area contributed by atoms with E-state index in [4.69, 9.17) is 0 Å². The van der Waals surface area contributed by atoms with Crippen molar-refractivity contribution in [3.8, 4) is 0 Å². The van der Waals surface area contributed by atoms with Crippen LogP contribution in [0.25, 0.3) is 0 Å². The van der Waals surface area contributed by atoms with Crippen molar-refractivity contribution in [2.45, 2.75) is 25.5 Å². The summed E-state index contributed by atoms with van der Waals surface area (Å²) in [5.41, 5.74) is 1.25. The van der Waals surface area contributed by atoms with E-state index in [9.17, 15) is 14.3 Å². The van der Waals surface area contributed by atoms with Crippen LogP contribution in [0, 0.1) is 11.7 Å². The van der Waals surface area contributed by atoms with Crippen LogP contribution in [-0.2, 0) is 0 Å². The van der Waals surface area contributed by atoms with Crippen LogP contribution < -0.4 is 5.32 Å². The number of pyridine rings is 1. The van der Waals surface area contributed by atoms with Gasteiger partial charge in [0.25, 0.3) is 0 Å². The van der Waals surface area contributed by atoms with E-state index in [0.717, 1.165) is 6.42 Å². The van der Waals surface area contributed by atoms with Gasteiger partial charge < -0.3 is 15.3 Å². The highest BCUT2D eigenvalue weighted by Gasteiger charge is 2.29. The lowest BCUT2D eigenvalue weighted by molar-refractivity contribution is 0.0432. The molecule has 1 aromatic heterocycles. The number of benzene rings is 1. The largest absolute Gasteiger partial charge is 0.391 e. The maximum atomic E-state index is 13.7. The summed E-state index contributed by atoms with van der Waals surface area (Å²) in [6, 6.07) is 10.7. The number of nitrogens with one attached hydrogen (secondary N) is 1. The summed E-state index contributed by atoms with van der Waals surface area (Å²) in [5, 5.41) is 12.9. The zero-order chi connectivity index (χ0) is 17.8. The van der Waals surface area contributed by atoms with Gasteiger partial charge in [-0.15, -0.1) is 0 Å². The van der Waals surface area contributed by atoms with E-state index in [1.807, 2.05) is 13.0 Å². The molecule has 3 atom stereocenters. The molecule has 2 heterocycles. The molecule has 1 aliphatic rings. The number of β-amino-alcohol motifs (C(OH)–C–C–N with tert-alkyl or cyclic N) is 1. The molecule has 2 N–H and O–H groups in total. The van der Waals surface area contributed by atoms with Crippen LogP contribution in [0.5, 0.6) is 0 Å². The molecule has 3 unspecified atom stereocenters. The molecular formula is C19H22FN3O2. The second-order valence-electron chi connectivity index (χ2n) is 6.47. The smallest absolute Gasteiger partial charge is 0.318 e. The summed E-state index contributed by atoms with van der Waals surface area (Å²) in [6.07, 6.45) is 1.87. The van der Waals surface area contributed by atoms with E-state index < -0.39 is 12.1 Å². The number of aliphatic hydroxyl groups excluding tert-OH is 1. The number of piperidine rings is 1. The lowest BCUT2D eigenvalue weighted by atomic mass is 9.96. The molecular weight excluding hydrogens is 321 g/mol. The number of hydrogen-bond donors (Lipinski definition) is 2. The fourth-order valence-electron chi connectivity index (χ4n) is 3.01. The van der Waals surface area contributed by atoms with Crippen molar-refractivity contribution in [3.63, 3.8) is 0 Å². The summed E-state index contributed by atoms with van der Waals surface area (Å²) in [5.74, 6) is -0.186. The van der Waals surface area contributed by atoms with Gasteiger partial charge in [0.15, 0.2) is 0 Å². The predicted octanol–water partition coefficient (Wildman–Crippen LogP) is 2.72. The standard InChI is InChI=1S/C19H22FN3O2/c1-13-8-10-23(12-17(13)24)19(25)22-18(16-7-2-3-9-21-16)14-5-4-6-15(20)11-14/h2-7,9,11,13,17-18,24H,8,10,12H2,1H3,(H,22,25). The SMILES string of the molecule is CC1CCN(C(=O)NC(c2cccc(F)c2)c2ccccn2)CC1O. The molecule has 132 valence electrons. The predicted molar refractivity (Wildman–Crippen MR) is 92.4 cm³/mol. The van der Waals surface area contributed by atoms with Crippen LogP contribution in [0.2, 0.25) is 0 Å². The van der Waals surface area contributed by atoms with Gasteiger partial charge in [-0.3, -0.25) is 4.98 Å². The van der Waals surface area contributed by atoms with Crippen LogP contribution >= 0.6 is 0 Å². The van der Waals surface area contributed by atoms with Crippen molar-refractivity contribution in [1.29, 1.82) is 0 Å². The number of aromatic nitrogens is 1. The van der Waals surface area contributed by atoms with Crippen LogP contribution in [-0.4, -0.2) is 40.2 Å². The van der Waals surface area contributed by atoms with Gasteiger partial charge in [0, 0.05) is 19.3 Å². The Morgan fingerprint density at radius 3 is 2.88 bits per heavy atom. The minimum Gasteiger partial charge on any atom is -0.391 e. The fraction of sp³-hybridized carbons (Fsp3) is 0.368. The van der Waals surface area contributed by atoms with Crippen molar-refractivity contribution in [2.24, 2.45) is 5.92 Å². The highest BCUT2D eigenvalue weighted by molar-refractivity contribution is 5.75. The molecule has 2 amide bonds. The second kappa shape index (κ2) is 7.61. The number of hydrogen-bond acceptors (Lipinski definition) is 3. The Kier molecular flexibility index (Phi) is 5.28. The van der Waals surface area contributed by atoms with Crippen molar-refractivity contribution < 1.29 is 14.3 Å². The number of amides is 2. The first kappa shape index (κ1) is 17.4. The Hall–Kier alpha value is -2.47. The van der Waals surface area contributed by atoms with Crippen LogP contribution in [0.1, 0.15) is 30.6 Å². The maximum Gasteiger partial charge on any atom is 0.318 e.